The number of rotatable bonds is 4. The molecule has 0 amide bonds. The molecule has 6 nitrogen and oxygen atoms in total. The molecule has 0 unspecified atom stereocenters. The number of nitrogens with one attached hydrogen (secondary N) is 2. The maximum absolute atomic E-state index is 13.6. The summed E-state index contributed by atoms with van der Waals surface area (Å²) in [6.45, 7) is 1.13. The van der Waals surface area contributed by atoms with Crippen LogP contribution in [-0.4, -0.2) is 32.6 Å². The van der Waals surface area contributed by atoms with E-state index in [1.165, 1.54) is 37.1 Å². The van der Waals surface area contributed by atoms with Crippen LogP contribution < -0.4 is 10.2 Å². The lowest BCUT2D eigenvalue weighted by Gasteiger charge is -2.18. The number of hydrogen-bond donors (Lipinski definition) is 2. The second-order valence-electron chi connectivity index (χ2n) is 7.84. The zero-order valence-electron chi connectivity index (χ0n) is 15.1. The fourth-order valence-electron chi connectivity index (χ4n) is 4.39. The minimum Gasteiger partial charge on any atom is -0.329 e. The molecule has 0 bridgehead atoms. The Balaban J connectivity index is 1.42. The number of hydrogen-bond acceptors (Lipinski definition) is 5. The number of anilines is 3. The van der Waals surface area contributed by atoms with Gasteiger partial charge in [0.25, 0.3) is 5.92 Å². The van der Waals surface area contributed by atoms with Crippen molar-refractivity contribution in [3.8, 4) is 0 Å². The molecule has 2 aromatic rings. The highest BCUT2D eigenvalue weighted by Crippen LogP contribution is 2.37. The summed E-state index contributed by atoms with van der Waals surface area (Å²) in [7, 11) is 0. The monoisotopic (exact) mass is 373 g/mol. The third-order valence-electron chi connectivity index (χ3n) is 5.83. The van der Waals surface area contributed by atoms with E-state index in [4.69, 9.17) is 0 Å². The fraction of sp³-hybridized carbons (Fsp3) is 0.579. The van der Waals surface area contributed by atoms with Crippen molar-refractivity contribution >= 4 is 17.6 Å². The molecule has 1 aliphatic heterocycles. The lowest BCUT2D eigenvalue weighted by molar-refractivity contribution is 0.0276. The van der Waals surface area contributed by atoms with E-state index in [1.807, 2.05) is 0 Å². The molecule has 2 aliphatic carbocycles. The lowest BCUT2D eigenvalue weighted by Crippen LogP contribution is -2.26. The second-order valence-corrected chi connectivity index (χ2v) is 7.84. The second kappa shape index (κ2) is 6.42. The summed E-state index contributed by atoms with van der Waals surface area (Å²) < 4.78 is 27.2. The summed E-state index contributed by atoms with van der Waals surface area (Å²) in [5.41, 5.74) is 3.20. The van der Waals surface area contributed by atoms with Crippen LogP contribution in [0.4, 0.5) is 26.4 Å². The number of fused-ring (bicyclic) bond motifs is 1. The molecule has 27 heavy (non-hydrogen) atoms. The Hall–Kier alpha value is -2.25. The average Bonchev–Trinajstić information content (AvgIpc) is 3.41. The smallest absolute Gasteiger partial charge is 0.267 e. The molecule has 5 rings (SSSR count). The van der Waals surface area contributed by atoms with Crippen LogP contribution in [0.15, 0.2) is 6.07 Å². The Bertz CT molecular complexity index is 843. The third kappa shape index (κ3) is 3.26. The van der Waals surface area contributed by atoms with Crippen LogP contribution in [0.1, 0.15) is 61.4 Å². The van der Waals surface area contributed by atoms with Crippen LogP contribution in [0, 0.1) is 6.54 Å². The van der Waals surface area contributed by atoms with Crippen molar-refractivity contribution in [2.24, 2.45) is 0 Å². The third-order valence-corrected chi connectivity index (χ3v) is 5.83. The molecule has 0 aromatic carbocycles. The number of nitrogens with zero attached hydrogens (tertiary/aromatic N) is 4. The molecule has 3 aliphatic rings. The SMILES string of the molecule is FC1(F)C[CH]N(c2nc3c(c(Nc4cc(C5CCCC5)[nH]n4)n2)CCC3)C1. The first-order valence-corrected chi connectivity index (χ1v) is 9.77. The zero-order valence-corrected chi connectivity index (χ0v) is 15.1. The van der Waals surface area contributed by atoms with Gasteiger partial charge in [-0.2, -0.15) is 10.1 Å². The first-order valence-electron chi connectivity index (χ1n) is 9.77. The summed E-state index contributed by atoms with van der Waals surface area (Å²) >= 11 is 0. The summed E-state index contributed by atoms with van der Waals surface area (Å²) in [5, 5.41) is 10.8. The Morgan fingerprint density at radius 1 is 1.15 bits per heavy atom. The number of H-pyrrole nitrogens is 1. The number of aromatic amines is 1. The molecule has 0 atom stereocenters. The first-order chi connectivity index (χ1) is 13.1. The first kappa shape index (κ1) is 16.9. The number of halogens is 2. The average molecular weight is 373 g/mol. The molecule has 143 valence electrons. The van der Waals surface area contributed by atoms with Crippen LogP contribution >= 0.6 is 0 Å². The highest BCUT2D eigenvalue weighted by Gasteiger charge is 2.40. The van der Waals surface area contributed by atoms with Gasteiger partial charge in [0.15, 0.2) is 5.82 Å². The van der Waals surface area contributed by atoms with Crippen molar-refractivity contribution in [1.29, 1.82) is 0 Å². The standard InChI is InChI=1S/C19H23F2N6/c20-19(21)8-9-27(11-19)18-22-14-7-3-6-13(14)17(24-18)23-16-10-15(25-26-16)12-4-1-2-5-12/h9-10,12H,1-8,11H2,(H2,22,23,24,25,26). The van der Waals surface area contributed by atoms with Gasteiger partial charge < -0.3 is 10.2 Å². The van der Waals surface area contributed by atoms with Gasteiger partial charge >= 0.3 is 0 Å². The van der Waals surface area contributed by atoms with Crippen LogP contribution in [0.25, 0.3) is 0 Å². The van der Waals surface area contributed by atoms with E-state index in [9.17, 15) is 8.78 Å². The van der Waals surface area contributed by atoms with Gasteiger partial charge in [0.1, 0.15) is 5.82 Å². The van der Waals surface area contributed by atoms with Gasteiger partial charge in [-0.1, -0.05) is 12.8 Å². The Morgan fingerprint density at radius 3 is 2.78 bits per heavy atom. The van der Waals surface area contributed by atoms with E-state index in [0.29, 0.717) is 17.7 Å². The topological polar surface area (TPSA) is 69.7 Å². The normalized spacial score (nSPS) is 21.8. The fourth-order valence-corrected chi connectivity index (χ4v) is 4.39. The van der Waals surface area contributed by atoms with Crippen LogP contribution in [0.3, 0.4) is 0 Å². The van der Waals surface area contributed by atoms with Gasteiger partial charge in [0.2, 0.25) is 5.95 Å². The van der Waals surface area contributed by atoms with E-state index < -0.39 is 5.92 Å². The molecule has 3 heterocycles. The molecular weight excluding hydrogens is 350 g/mol. The quantitative estimate of drug-likeness (QED) is 0.845. The summed E-state index contributed by atoms with van der Waals surface area (Å²) in [6.07, 6.45) is 7.45. The van der Waals surface area contributed by atoms with Gasteiger partial charge in [0.05, 0.1) is 18.8 Å². The van der Waals surface area contributed by atoms with E-state index in [-0.39, 0.29) is 13.0 Å². The predicted molar refractivity (Wildman–Crippen MR) is 98.3 cm³/mol. The van der Waals surface area contributed by atoms with Gasteiger partial charge in [0, 0.05) is 29.7 Å². The van der Waals surface area contributed by atoms with Gasteiger partial charge in [-0.25, -0.2) is 13.8 Å². The largest absolute Gasteiger partial charge is 0.329 e. The number of alkyl halides is 2. The minimum absolute atomic E-state index is 0.264. The molecule has 2 N–H and O–H groups in total. The molecule has 2 aromatic heterocycles. The van der Waals surface area contributed by atoms with E-state index in [1.54, 1.807) is 0 Å². The molecule has 1 radical (unpaired) electrons. The van der Waals surface area contributed by atoms with Gasteiger partial charge in [-0.3, -0.25) is 5.10 Å². The van der Waals surface area contributed by atoms with E-state index >= 15 is 0 Å². The molecule has 2 fully saturated rings. The Kier molecular flexibility index (Phi) is 4.02. The molecular formula is C19H23F2N6. The maximum Gasteiger partial charge on any atom is 0.267 e. The maximum atomic E-state index is 13.6. The van der Waals surface area contributed by atoms with Gasteiger partial charge in [-0.05, 0) is 32.1 Å². The Morgan fingerprint density at radius 2 is 2.00 bits per heavy atom. The molecule has 1 saturated heterocycles. The summed E-state index contributed by atoms with van der Waals surface area (Å²) in [4.78, 5) is 10.6. The van der Waals surface area contributed by atoms with Crippen molar-refractivity contribution in [3.05, 3.63) is 29.6 Å². The van der Waals surface area contributed by atoms with Crippen LogP contribution in [0.2, 0.25) is 0 Å². The molecule has 1 saturated carbocycles. The van der Waals surface area contributed by atoms with Gasteiger partial charge in [-0.15, -0.1) is 0 Å². The number of aromatic nitrogens is 4. The van der Waals surface area contributed by atoms with Crippen molar-refractivity contribution in [2.45, 2.75) is 63.2 Å². The molecule has 0 spiro atoms. The highest BCUT2D eigenvalue weighted by molar-refractivity contribution is 5.61. The lowest BCUT2D eigenvalue weighted by atomic mass is 10.0. The highest BCUT2D eigenvalue weighted by atomic mass is 19.3. The van der Waals surface area contributed by atoms with Crippen molar-refractivity contribution < 1.29 is 8.78 Å². The summed E-state index contributed by atoms with van der Waals surface area (Å²) in [6, 6.07) is 2.05. The minimum atomic E-state index is -2.71. The van der Waals surface area contributed by atoms with E-state index in [2.05, 4.69) is 31.5 Å². The molecule has 8 heteroatoms. The Labute approximate surface area is 156 Å². The van der Waals surface area contributed by atoms with Crippen molar-refractivity contribution in [1.82, 2.24) is 20.2 Å². The van der Waals surface area contributed by atoms with Crippen LogP contribution in [-0.2, 0) is 12.8 Å². The van der Waals surface area contributed by atoms with Crippen molar-refractivity contribution in [3.63, 3.8) is 0 Å². The van der Waals surface area contributed by atoms with Crippen LogP contribution in [0.5, 0.6) is 0 Å². The zero-order chi connectivity index (χ0) is 18.4. The summed E-state index contributed by atoms with van der Waals surface area (Å²) in [5.74, 6) is -0.385. The number of aryl methyl sites for hydroxylation is 1. The van der Waals surface area contributed by atoms with Crippen molar-refractivity contribution in [2.75, 3.05) is 16.8 Å². The predicted octanol–water partition coefficient (Wildman–Crippen LogP) is 4.10. The van der Waals surface area contributed by atoms with E-state index in [0.717, 1.165) is 42.0 Å².